The van der Waals surface area contributed by atoms with Gasteiger partial charge in [0.1, 0.15) is 0 Å². The maximum Gasteiger partial charge on any atom is 0.317 e. The van der Waals surface area contributed by atoms with Gasteiger partial charge in [0.15, 0.2) is 0 Å². The van der Waals surface area contributed by atoms with Gasteiger partial charge >= 0.3 is 6.03 Å². The molecule has 2 aliphatic rings. The second-order valence-electron chi connectivity index (χ2n) is 7.65. The Bertz CT molecular complexity index is 645. The van der Waals surface area contributed by atoms with E-state index in [2.05, 4.69) is 5.32 Å². The normalized spacial score (nSPS) is 25.1. The number of hydrogen-bond donors (Lipinski definition) is 2. The van der Waals surface area contributed by atoms with Crippen molar-refractivity contribution < 1.29 is 14.7 Å². The average Bonchev–Trinajstić information content (AvgIpc) is 3.14. The van der Waals surface area contributed by atoms with Gasteiger partial charge in [-0.2, -0.15) is 0 Å². The van der Waals surface area contributed by atoms with Gasteiger partial charge in [0.2, 0.25) is 5.91 Å². The number of amides is 3. The molecule has 0 radical (unpaired) electrons. The number of nitrogens with one attached hydrogen (secondary N) is 1. The van der Waals surface area contributed by atoms with Gasteiger partial charge in [-0.1, -0.05) is 43.2 Å². The second kappa shape index (κ2) is 8.74. The lowest BCUT2D eigenvalue weighted by molar-refractivity contribution is -0.149. The van der Waals surface area contributed by atoms with E-state index in [-0.39, 0.29) is 42.6 Å². The molecule has 2 N–H and O–H groups in total. The van der Waals surface area contributed by atoms with Crippen LogP contribution in [0.1, 0.15) is 51.0 Å². The summed E-state index contributed by atoms with van der Waals surface area (Å²) in [6.45, 7) is 4.49. The minimum absolute atomic E-state index is 0.0356. The van der Waals surface area contributed by atoms with Gasteiger partial charge in [-0.25, -0.2) is 4.79 Å². The fourth-order valence-electron chi connectivity index (χ4n) is 4.65. The number of aliphatic hydroxyl groups excluding tert-OH is 1. The molecule has 1 saturated heterocycles. The van der Waals surface area contributed by atoms with Crippen molar-refractivity contribution in [2.75, 3.05) is 19.7 Å². The summed E-state index contributed by atoms with van der Waals surface area (Å²) in [5.41, 5.74) is 1.10. The van der Waals surface area contributed by atoms with Crippen LogP contribution < -0.4 is 5.32 Å². The maximum atomic E-state index is 12.7. The SMILES string of the molecule is CCN(C[C@H]1[C@H](c2ccccc2)[C@@H](CO)N1C(C)=O)C(=O)NC1CCCC1. The van der Waals surface area contributed by atoms with E-state index in [0.29, 0.717) is 13.1 Å². The van der Waals surface area contributed by atoms with Crippen molar-refractivity contribution >= 4 is 11.9 Å². The third kappa shape index (κ3) is 4.10. The molecule has 3 amide bonds. The third-order valence-electron chi connectivity index (χ3n) is 6.04. The molecule has 1 aromatic rings. The van der Waals surface area contributed by atoms with E-state index in [1.165, 1.54) is 19.8 Å². The van der Waals surface area contributed by atoms with Crippen molar-refractivity contribution in [1.82, 2.24) is 15.1 Å². The van der Waals surface area contributed by atoms with E-state index in [4.69, 9.17) is 0 Å². The van der Waals surface area contributed by atoms with Crippen molar-refractivity contribution in [3.05, 3.63) is 35.9 Å². The number of carbonyl (C=O) groups is 2. The smallest absolute Gasteiger partial charge is 0.317 e. The minimum Gasteiger partial charge on any atom is -0.394 e. The van der Waals surface area contributed by atoms with E-state index in [0.717, 1.165) is 18.4 Å². The first-order valence-electron chi connectivity index (χ1n) is 10.1. The number of likely N-dealkylation sites (tertiary alicyclic amines) is 1. The average molecular weight is 373 g/mol. The molecule has 0 unspecified atom stereocenters. The van der Waals surface area contributed by atoms with Crippen LogP contribution in [0.15, 0.2) is 30.3 Å². The van der Waals surface area contributed by atoms with Crippen molar-refractivity contribution in [1.29, 1.82) is 0 Å². The number of urea groups is 1. The number of carbonyl (C=O) groups excluding carboxylic acids is 2. The molecule has 1 heterocycles. The number of benzene rings is 1. The molecule has 1 aliphatic carbocycles. The van der Waals surface area contributed by atoms with Gasteiger partial charge in [-0.15, -0.1) is 0 Å². The number of rotatable bonds is 6. The van der Waals surface area contributed by atoms with E-state index >= 15 is 0 Å². The van der Waals surface area contributed by atoms with Gasteiger partial charge in [0.05, 0.1) is 18.7 Å². The van der Waals surface area contributed by atoms with E-state index < -0.39 is 0 Å². The number of nitrogens with zero attached hydrogens (tertiary/aromatic N) is 2. The topological polar surface area (TPSA) is 72.9 Å². The molecule has 3 rings (SSSR count). The van der Waals surface area contributed by atoms with Crippen LogP contribution in [0.4, 0.5) is 4.79 Å². The van der Waals surface area contributed by atoms with E-state index in [1.54, 1.807) is 9.80 Å². The number of aliphatic hydroxyl groups is 1. The highest BCUT2D eigenvalue weighted by atomic mass is 16.3. The first-order chi connectivity index (χ1) is 13.1. The maximum absolute atomic E-state index is 12.7. The monoisotopic (exact) mass is 373 g/mol. The molecule has 0 aromatic heterocycles. The van der Waals surface area contributed by atoms with Gasteiger partial charge < -0.3 is 20.2 Å². The molecular weight excluding hydrogens is 342 g/mol. The van der Waals surface area contributed by atoms with Crippen LogP contribution in [0.2, 0.25) is 0 Å². The standard InChI is InChI=1S/C21H31N3O3/c1-3-23(21(27)22-17-11-7-8-12-17)13-18-20(16-9-5-4-6-10-16)19(14-25)24(18)15(2)26/h4-6,9-10,17-20,25H,3,7-8,11-14H2,1-2H3,(H,22,27)/t18-,19+,20-/m0/s1. The summed E-state index contributed by atoms with van der Waals surface area (Å²) in [4.78, 5) is 28.5. The third-order valence-corrected chi connectivity index (χ3v) is 6.04. The first kappa shape index (κ1) is 19.7. The molecule has 1 aromatic carbocycles. The van der Waals surface area contributed by atoms with E-state index in [1.807, 2.05) is 37.3 Å². The summed E-state index contributed by atoms with van der Waals surface area (Å²) in [5.74, 6) is -0.0214. The summed E-state index contributed by atoms with van der Waals surface area (Å²) in [5, 5.41) is 13.0. The molecule has 0 bridgehead atoms. The molecular formula is C21H31N3O3. The Hall–Kier alpha value is -2.08. The molecule has 0 spiro atoms. The summed E-state index contributed by atoms with van der Waals surface area (Å²) < 4.78 is 0. The molecule has 6 heteroatoms. The Morgan fingerprint density at radius 2 is 1.85 bits per heavy atom. The fraction of sp³-hybridized carbons (Fsp3) is 0.619. The quantitative estimate of drug-likeness (QED) is 0.804. The van der Waals surface area contributed by atoms with Crippen LogP contribution in [-0.2, 0) is 4.79 Å². The van der Waals surface area contributed by atoms with Crippen LogP contribution in [0.5, 0.6) is 0 Å². The largest absolute Gasteiger partial charge is 0.394 e. The zero-order chi connectivity index (χ0) is 19.4. The fourth-order valence-corrected chi connectivity index (χ4v) is 4.65. The molecule has 2 fully saturated rings. The highest BCUT2D eigenvalue weighted by Gasteiger charge is 2.50. The number of hydrogen-bond acceptors (Lipinski definition) is 3. The molecule has 27 heavy (non-hydrogen) atoms. The zero-order valence-electron chi connectivity index (χ0n) is 16.3. The molecule has 3 atom stereocenters. The highest BCUT2D eigenvalue weighted by Crippen LogP contribution is 2.41. The first-order valence-corrected chi connectivity index (χ1v) is 10.1. The zero-order valence-corrected chi connectivity index (χ0v) is 16.3. The lowest BCUT2D eigenvalue weighted by atomic mass is 9.75. The molecule has 1 saturated carbocycles. The van der Waals surface area contributed by atoms with Crippen molar-refractivity contribution in [3.63, 3.8) is 0 Å². The van der Waals surface area contributed by atoms with Crippen LogP contribution >= 0.6 is 0 Å². The molecule has 6 nitrogen and oxygen atoms in total. The van der Waals surface area contributed by atoms with Crippen LogP contribution in [0.25, 0.3) is 0 Å². The summed E-state index contributed by atoms with van der Waals surface area (Å²) in [7, 11) is 0. The van der Waals surface area contributed by atoms with Crippen LogP contribution in [-0.4, -0.2) is 64.7 Å². The molecule has 1 aliphatic heterocycles. The van der Waals surface area contributed by atoms with Crippen LogP contribution in [0.3, 0.4) is 0 Å². The lowest BCUT2D eigenvalue weighted by Gasteiger charge is -2.55. The summed E-state index contributed by atoms with van der Waals surface area (Å²) in [6.07, 6.45) is 4.44. The van der Waals surface area contributed by atoms with E-state index in [9.17, 15) is 14.7 Å². The Morgan fingerprint density at radius 1 is 1.19 bits per heavy atom. The Kier molecular flexibility index (Phi) is 6.37. The Morgan fingerprint density at radius 3 is 2.41 bits per heavy atom. The molecule has 148 valence electrons. The predicted molar refractivity (Wildman–Crippen MR) is 104 cm³/mol. The second-order valence-corrected chi connectivity index (χ2v) is 7.65. The summed E-state index contributed by atoms with van der Waals surface area (Å²) in [6, 6.07) is 9.85. The van der Waals surface area contributed by atoms with Gasteiger partial charge in [-0.3, -0.25) is 4.79 Å². The van der Waals surface area contributed by atoms with Crippen molar-refractivity contribution in [3.8, 4) is 0 Å². The van der Waals surface area contributed by atoms with Gasteiger partial charge in [-0.05, 0) is 25.3 Å². The highest BCUT2D eigenvalue weighted by molar-refractivity contribution is 5.77. The predicted octanol–water partition coefficient (Wildman–Crippen LogP) is 2.34. The van der Waals surface area contributed by atoms with Gasteiger partial charge in [0, 0.05) is 32.0 Å². The van der Waals surface area contributed by atoms with Crippen LogP contribution in [0, 0.1) is 0 Å². The number of likely N-dealkylation sites (N-methyl/N-ethyl adjacent to an activating group) is 1. The van der Waals surface area contributed by atoms with Crippen molar-refractivity contribution in [2.45, 2.75) is 63.6 Å². The summed E-state index contributed by atoms with van der Waals surface area (Å²) >= 11 is 0. The van der Waals surface area contributed by atoms with Crippen molar-refractivity contribution in [2.24, 2.45) is 0 Å². The Labute approximate surface area is 161 Å². The Balaban J connectivity index is 1.75. The lowest BCUT2D eigenvalue weighted by Crippen LogP contribution is -2.68. The van der Waals surface area contributed by atoms with Gasteiger partial charge in [0.25, 0.3) is 0 Å². The minimum atomic E-state index is -0.230.